The molecule has 0 bridgehead atoms. The van der Waals surface area contributed by atoms with Crippen LogP contribution in [-0.2, 0) is 16.0 Å². The van der Waals surface area contributed by atoms with Gasteiger partial charge in [0.05, 0.1) is 11.4 Å². The molecule has 3 amide bonds. The first-order chi connectivity index (χ1) is 20.0. The predicted octanol–water partition coefficient (Wildman–Crippen LogP) is 5.48. The van der Waals surface area contributed by atoms with Crippen molar-refractivity contribution in [1.82, 2.24) is 15.1 Å². The second-order valence-corrected chi connectivity index (χ2v) is 10.4. The van der Waals surface area contributed by atoms with E-state index in [9.17, 15) is 9.59 Å². The zero-order chi connectivity index (χ0) is 28.4. The van der Waals surface area contributed by atoms with Crippen LogP contribution in [0.1, 0.15) is 48.0 Å². The second kappa shape index (κ2) is 13.7. The normalized spacial score (nSPS) is 16.5. The fraction of sp³-hybridized carbons (Fsp3) is 0.312. The Balaban J connectivity index is 1.22. The number of anilines is 2. The number of carbonyl (C=O) groups excluding carboxylic acids is 2. The summed E-state index contributed by atoms with van der Waals surface area (Å²) in [6, 6.07) is 14.1. The largest absolute Gasteiger partial charge is 0.463 e. The van der Waals surface area contributed by atoms with Crippen LogP contribution in [-0.4, -0.2) is 47.9 Å². The van der Waals surface area contributed by atoms with E-state index in [1.54, 1.807) is 35.4 Å². The molecule has 2 aromatic rings. The summed E-state index contributed by atoms with van der Waals surface area (Å²) in [6.45, 7) is 4.13. The third-order valence-corrected chi connectivity index (χ3v) is 7.32. The number of nitrogens with one attached hydrogen (secondary N) is 2. The van der Waals surface area contributed by atoms with E-state index in [-0.39, 0.29) is 17.8 Å². The molecule has 2 aromatic carbocycles. The Labute approximate surface area is 241 Å². The summed E-state index contributed by atoms with van der Waals surface area (Å²) in [5.74, 6) is 0.599. The van der Waals surface area contributed by atoms with Crippen LogP contribution in [0.25, 0.3) is 0 Å². The molecule has 0 atom stereocenters. The minimum atomic E-state index is -0.276. The number of hydrogen-bond donors (Lipinski definition) is 3. The van der Waals surface area contributed by atoms with Crippen molar-refractivity contribution in [1.29, 1.82) is 0 Å². The smallest absolute Gasteiger partial charge is 0.324 e. The molecule has 0 saturated carbocycles. The SMILES string of the molecule is Nc1ccccc1NC(=O)c1ccc(CN(CCCN2CCCC2)C(=O)NC2=COC=C(C3=CC=CCC3)O2)cc1. The number of nitrogen functional groups attached to an aromatic ring is 1. The number of benzene rings is 2. The number of urea groups is 1. The van der Waals surface area contributed by atoms with Gasteiger partial charge >= 0.3 is 6.03 Å². The molecule has 2 aliphatic heterocycles. The molecule has 4 N–H and O–H groups in total. The van der Waals surface area contributed by atoms with Crippen molar-refractivity contribution >= 4 is 23.3 Å². The predicted molar refractivity (Wildman–Crippen MR) is 159 cm³/mol. The molecular formula is C32H37N5O4. The monoisotopic (exact) mass is 555 g/mol. The highest BCUT2D eigenvalue weighted by atomic mass is 16.6. The summed E-state index contributed by atoms with van der Waals surface area (Å²) in [6.07, 6.45) is 14.1. The van der Waals surface area contributed by atoms with Gasteiger partial charge in [-0.15, -0.1) is 0 Å². The van der Waals surface area contributed by atoms with Crippen LogP contribution >= 0.6 is 0 Å². The highest BCUT2D eigenvalue weighted by molar-refractivity contribution is 6.05. The fourth-order valence-corrected chi connectivity index (χ4v) is 5.04. The van der Waals surface area contributed by atoms with Crippen LogP contribution < -0.4 is 16.4 Å². The quantitative estimate of drug-likeness (QED) is 0.335. The van der Waals surface area contributed by atoms with Crippen molar-refractivity contribution in [2.75, 3.05) is 37.2 Å². The van der Waals surface area contributed by atoms with Gasteiger partial charge in [-0.05, 0) is 87.1 Å². The maximum Gasteiger partial charge on any atom is 0.324 e. The molecule has 3 aliphatic rings. The number of ether oxygens (including phenoxy) is 2. The van der Waals surface area contributed by atoms with Crippen LogP contribution in [0.15, 0.2) is 96.5 Å². The summed E-state index contributed by atoms with van der Waals surface area (Å²) >= 11 is 0. The molecule has 1 aliphatic carbocycles. The van der Waals surface area contributed by atoms with Crippen molar-refractivity contribution in [3.8, 4) is 0 Å². The Kier molecular flexibility index (Phi) is 9.38. The van der Waals surface area contributed by atoms with Gasteiger partial charge in [0, 0.05) is 18.7 Å². The third-order valence-electron chi connectivity index (χ3n) is 7.32. The van der Waals surface area contributed by atoms with Crippen LogP contribution in [0, 0.1) is 0 Å². The van der Waals surface area contributed by atoms with Crippen molar-refractivity contribution in [2.45, 2.75) is 38.6 Å². The van der Waals surface area contributed by atoms with Crippen molar-refractivity contribution in [2.24, 2.45) is 0 Å². The molecule has 1 saturated heterocycles. The van der Waals surface area contributed by atoms with Gasteiger partial charge < -0.3 is 30.3 Å². The highest BCUT2D eigenvalue weighted by Gasteiger charge is 2.21. The van der Waals surface area contributed by atoms with Crippen LogP contribution in [0.3, 0.4) is 0 Å². The number of likely N-dealkylation sites (tertiary alicyclic amines) is 1. The number of para-hydroxylation sites is 2. The number of amides is 3. The Morgan fingerprint density at radius 3 is 2.56 bits per heavy atom. The molecule has 2 heterocycles. The molecule has 9 heteroatoms. The second-order valence-electron chi connectivity index (χ2n) is 10.4. The topological polar surface area (TPSA) is 109 Å². The first kappa shape index (κ1) is 28.0. The maximum atomic E-state index is 13.4. The molecule has 0 unspecified atom stereocenters. The Bertz CT molecular complexity index is 1360. The lowest BCUT2D eigenvalue weighted by atomic mass is 10.0. The van der Waals surface area contributed by atoms with Crippen LogP contribution in [0.5, 0.6) is 0 Å². The van der Waals surface area contributed by atoms with E-state index in [1.807, 2.05) is 36.4 Å². The first-order valence-electron chi connectivity index (χ1n) is 14.2. The van der Waals surface area contributed by atoms with E-state index in [1.165, 1.54) is 19.1 Å². The summed E-state index contributed by atoms with van der Waals surface area (Å²) in [4.78, 5) is 30.4. The molecule has 214 valence electrons. The lowest BCUT2D eigenvalue weighted by molar-refractivity contribution is 0.102. The van der Waals surface area contributed by atoms with E-state index in [4.69, 9.17) is 15.2 Å². The lowest BCUT2D eigenvalue weighted by Crippen LogP contribution is -2.41. The fourth-order valence-electron chi connectivity index (χ4n) is 5.04. The van der Waals surface area contributed by atoms with Gasteiger partial charge in [0.1, 0.15) is 6.26 Å². The van der Waals surface area contributed by atoms with Crippen molar-refractivity contribution in [3.05, 3.63) is 108 Å². The molecule has 41 heavy (non-hydrogen) atoms. The van der Waals surface area contributed by atoms with Gasteiger partial charge in [-0.25, -0.2) is 4.79 Å². The molecular weight excluding hydrogens is 518 g/mol. The van der Waals surface area contributed by atoms with Gasteiger partial charge in [-0.1, -0.05) is 42.5 Å². The third kappa shape index (κ3) is 7.79. The zero-order valence-electron chi connectivity index (χ0n) is 23.2. The number of rotatable bonds is 10. The first-order valence-corrected chi connectivity index (χ1v) is 14.2. The average Bonchev–Trinajstić information content (AvgIpc) is 3.52. The zero-order valence-corrected chi connectivity index (χ0v) is 23.2. The van der Waals surface area contributed by atoms with E-state index in [2.05, 4.69) is 21.6 Å². The number of allylic oxidation sites excluding steroid dienone is 4. The number of nitrogens with two attached hydrogens (primary N) is 1. The maximum absolute atomic E-state index is 13.4. The lowest BCUT2D eigenvalue weighted by Gasteiger charge is -2.26. The molecule has 0 spiro atoms. The van der Waals surface area contributed by atoms with Crippen molar-refractivity contribution in [3.63, 3.8) is 0 Å². The number of carbonyl (C=O) groups is 2. The summed E-state index contributed by atoms with van der Waals surface area (Å²) in [7, 11) is 0. The minimum Gasteiger partial charge on any atom is -0.463 e. The van der Waals surface area contributed by atoms with Gasteiger partial charge in [0.15, 0.2) is 12.0 Å². The van der Waals surface area contributed by atoms with Gasteiger partial charge in [0.2, 0.25) is 5.88 Å². The Morgan fingerprint density at radius 1 is 1.00 bits per heavy atom. The molecule has 0 radical (unpaired) electrons. The standard InChI is InChI=1S/C32H37N5O4/c33-27-11-4-5-12-28(27)34-31(38)26-15-13-24(14-16-26)21-37(20-8-19-36-17-6-7-18-36)32(39)35-30-23-40-22-29(41-30)25-9-2-1-3-10-25/h1-2,4-5,9,11-16,22-23H,3,6-8,10,17-21,33H2,(H,34,38)(H,35,39). The van der Waals surface area contributed by atoms with E-state index < -0.39 is 0 Å². The highest BCUT2D eigenvalue weighted by Crippen LogP contribution is 2.25. The molecule has 0 aromatic heterocycles. The summed E-state index contributed by atoms with van der Waals surface area (Å²) in [5, 5.41) is 5.72. The molecule has 9 nitrogen and oxygen atoms in total. The van der Waals surface area contributed by atoms with E-state index in [0.29, 0.717) is 35.8 Å². The van der Waals surface area contributed by atoms with Gasteiger partial charge in [-0.3, -0.25) is 10.1 Å². The Hall–Kier alpha value is -4.50. The summed E-state index contributed by atoms with van der Waals surface area (Å²) in [5.41, 5.74) is 9.47. The molecule has 1 fully saturated rings. The number of hydrogen-bond acceptors (Lipinski definition) is 6. The summed E-state index contributed by atoms with van der Waals surface area (Å²) < 4.78 is 11.4. The Morgan fingerprint density at radius 2 is 1.80 bits per heavy atom. The average molecular weight is 556 g/mol. The van der Waals surface area contributed by atoms with Gasteiger partial charge in [-0.2, -0.15) is 0 Å². The van der Waals surface area contributed by atoms with E-state index in [0.717, 1.165) is 50.0 Å². The van der Waals surface area contributed by atoms with Gasteiger partial charge in [0.25, 0.3) is 5.91 Å². The minimum absolute atomic E-state index is 0.247. The van der Waals surface area contributed by atoms with Crippen LogP contribution in [0.4, 0.5) is 16.2 Å². The van der Waals surface area contributed by atoms with E-state index >= 15 is 0 Å². The number of nitrogens with zero attached hydrogens (tertiary/aromatic N) is 2. The molecule has 5 rings (SSSR count). The van der Waals surface area contributed by atoms with Crippen LogP contribution in [0.2, 0.25) is 0 Å². The van der Waals surface area contributed by atoms with Crippen molar-refractivity contribution < 1.29 is 19.1 Å².